The predicted octanol–water partition coefficient (Wildman–Crippen LogP) is 3.25. The number of hydrogen-bond donors (Lipinski definition) is 5. The van der Waals surface area contributed by atoms with Crippen molar-refractivity contribution in [3.63, 3.8) is 0 Å². The molecule has 4 atom stereocenters. The summed E-state index contributed by atoms with van der Waals surface area (Å²) in [5.41, 5.74) is 3.18. The second-order valence-electron chi connectivity index (χ2n) is 10.3. The van der Waals surface area contributed by atoms with Gasteiger partial charge in [0, 0.05) is 30.7 Å². The predicted molar refractivity (Wildman–Crippen MR) is 144 cm³/mol. The third-order valence-electron chi connectivity index (χ3n) is 7.75. The molecule has 2 aliphatic rings. The Balaban J connectivity index is 1.33. The van der Waals surface area contributed by atoms with Crippen molar-refractivity contribution in [3.05, 3.63) is 59.8 Å². The van der Waals surface area contributed by atoms with Gasteiger partial charge < -0.3 is 26.0 Å². The largest absolute Gasteiger partial charge is 0.396 e. The van der Waals surface area contributed by atoms with Crippen LogP contribution < -0.4 is 10.6 Å². The molecular formula is C27H29FN6O3S. The number of pyridine rings is 1. The molecule has 2 aliphatic carbocycles. The molecule has 0 radical (unpaired) electrons. The molecule has 1 aromatic carbocycles. The molecule has 2 saturated carbocycles. The minimum absolute atomic E-state index is 0.0859. The van der Waals surface area contributed by atoms with Crippen molar-refractivity contribution in [1.82, 2.24) is 19.9 Å². The molecule has 5 N–H and O–H groups in total. The fourth-order valence-corrected chi connectivity index (χ4v) is 6.32. The number of benzene rings is 1. The molecule has 38 heavy (non-hydrogen) atoms. The van der Waals surface area contributed by atoms with Crippen LogP contribution in [0.1, 0.15) is 30.5 Å². The van der Waals surface area contributed by atoms with Gasteiger partial charge in [0.05, 0.1) is 34.3 Å². The van der Waals surface area contributed by atoms with Gasteiger partial charge in [-0.1, -0.05) is 12.1 Å². The summed E-state index contributed by atoms with van der Waals surface area (Å²) in [6, 6.07) is 8.04. The summed E-state index contributed by atoms with van der Waals surface area (Å²) in [4.78, 5) is 18.4. The second-order valence-corrected chi connectivity index (χ2v) is 11.3. The molecule has 3 aromatic heterocycles. The normalized spacial score (nSPS) is 24.0. The zero-order valence-corrected chi connectivity index (χ0v) is 21.6. The number of halogens is 1. The fourth-order valence-electron chi connectivity index (χ4n) is 5.29. The Bertz CT molecular complexity index is 1430. The standard InChI is InChI=1S/C27H29FN6O3S/c1-14-21(25-33-19-11-29-9-6-20(19)38-25)24(32-18-10-15(12-35)22(36)23(18)37)34-26(31-14)30-13-27(7-8-27)16-2-4-17(28)5-3-16/h2-6,9,11,15,18,22-23,35-37H,7-8,10,12-13H2,1H3,(H2,30,31,32,34)/t15-,18-,22-,23+/m1/s1. The first-order chi connectivity index (χ1) is 18.4. The summed E-state index contributed by atoms with van der Waals surface area (Å²) in [6.07, 6.45) is 3.72. The summed E-state index contributed by atoms with van der Waals surface area (Å²) in [5, 5.41) is 38.1. The molecule has 0 aliphatic heterocycles. The quantitative estimate of drug-likeness (QED) is 0.230. The van der Waals surface area contributed by atoms with Crippen molar-refractivity contribution in [3.8, 4) is 10.6 Å². The Morgan fingerprint density at radius 1 is 1.08 bits per heavy atom. The number of aromatic nitrogens is 4. The maximum Gasteiger partial charge on any atom is 0.224 e. The maximum atomic E-state index is 13.4. The van der Waals surface area contributed by atoms with Crippen LogP contribution >= 0.6 is 11.3 Å². The van der Waals surface area contributed by atoms with E-state index in [1.165, 1.54) is 23.5 Å². The van der Waals surface area contributed by atoms with Gasteiger partial charge in [-0.2, -0.15) is 4.98 Å². The third kappa shape index (κ3) is 4.60. The number of thiazole rings is 1. The van der Waals surface area contributed by atoms with E-state index in [9.17, 15) is 19.7 Å². The van der Waals surface area contributed by atoms with Gasteiger partial charge in [0.15, 0.2) is 0 Å². The molecule has 0 saturated heterocycles. The maximum absolute atomic E-state index is 13.4. The SMILES string of the molecule is Cc1nc(NCC2(c3ccc(F)cc3)CC2)nc(N[C@@H]2C[C@H](CO)[C@@H](O)[C@H]2O)c1-c1nc2cnccc2s1. The lowest BCUT2D eigenvalue weighted by molar-refractivity contribution is 0.00446. The van der Waals surface area contributed by atoms with Crippen molar-refractivity contribution in [2.24, 2.45) is 5.92 Å². The van der Waals surface area contributed by atoms with Gasteiger partial charge in [0.2, 0.25) is 5.95 Å². The van der Waals surface area contributed by atoms with Gasteiger partial charge in [-0.15, -0.1) is 11.3 Å². The summed E-state index contributed by atoms with van der Waals surface area (Å²) < 4.78 is 14.4. The Kier molecular flexibility index (Phi) is 6.47. The van der Waals surface area contributed by atoms with Crippen LogP contribution in [-0.2, 0) is 5.41 Å². The van der Waals surface area contributed by atoms with E-state index < -0.39 is 24.2 Å². The lowest BCUT2D eigenvalue weighted by Gasteiger charge is -2.22. The summed E-state index contributed by atoms with van der Waals surface area (Å²) in [5.74, 6) is 0.242. The fraction of sp³-hybridized carbons (Fsp3) is 0.407. The highest BCUT2D eigenvalue weighted by molar-refractivity contribution is 7.21. The van der Waals surface area contributed by atoms with Gasteiger partial charge in [0.1, 0.15) is 28.3 Å². The first kappa shape index (κ1) is 25.1. The zero-order chi connectivity index (χ0) is 26.4. The first-order valence-corrected chi connectivity index (χ1v) is 13.5. The van der Waals surface area contributed by atoms with Crippen molar-refractivity contribution in [1.29, 1.82) is 0 Å². The minimum atomic E-state index is -1.06. The van der Waals surface area contributed by atoms with Crippen molar-refractivity contribution < 1.29 is 19.7 Å². The summed E-state index contributed by atoms with van der Waals surface area (Å²) in [7, 11) is 0. The van der Waals surface area contributed by atoms with E-state index >= 15 is 0 Å². The number of anilines is 2. The second kappa shape index (κ2) is 9.81. The van der Waals surface area contributed by atoms with E-state index in [-0.39, 0.29) is 17.8 Å². The van der Waals surface area contributed by atoms with E-state index in [1.54, 1.807) is 12.4 Å². The summed E-state index contributed by atoms with van der Waals surface area (Å²) in [6.45, 7) is 2.28. The molecule has 198 valence electrons. The van der Waals surface area contributed by atoms with Gasteiger partial charge in [-0.25, -0.2) is 14.4 Å². The minimum Gasteiger partial charge on any atom is -0.396 e. The Morgan fingerprint density at radius 3 is 2.55 bits per heavy atom. The van der Waals surface area contributed by atoms with Crippen LogP contribution in [0.25, 0.3) is 20.8 Å². The van der Waals surface area contributed by atoms with Crippen LogP contribution in [0.4, 0.5) is 16.2 Å². The summed E-state index contributed by atoms with van der Waals surface area (Å²) >= 11 is 1.50. The number of aryl methyl sites for hydroxylation is 1. The number of aliphatic hydroxyl groups excluding tert-OH is 3. The molecule has 4 aromatic rings. The van der Waals surface area contributed by atoms with E-state index in [1.807, 2.05) is 25.1 Å². The molecule has 0 amide bonds. The number of rotatable bonds is 8. The molecule has 6 rings (SSSR count). The van der Waals surface area contributed by atoms with Crippen LogP contribution in [0, 0.1) is 18.7 Å². The average molecular weight is 537 g/mol. The first-order valence-electron chi connectivity index (χ1n) is 12.7. The van der Waals surface area contributed by atoms with Gasteiger partial charge in [0.25, 0.3) is 0 Å². The monoisotopic (exact) mass is 536 g/mol. The van der Waals surface area contributed by atoms with Crippen LogP contribution in [0.15, 0.2) is 42.7 Å². The van der Waals surface area contributed by atoms with Crippen molar-refractivity contribution >= 4 is 33.3 Å². The molecular weight excluding hydrogens is 507 g/mol. The molecule has 11 heteroatoms. The van der Waals surface area contributed by atoms with E-state index in [0.717, 1.165) is 33.6 Å². The smallest absolute Gasteiger partial charge is 0.224 e. The highest BCUT2D eigenvalue weighted by atomic mass is 32.1. The topological polar surface area (TPSA) is 136 Å². The number of aliphatic hydroxyl groups is 3. The highest BCUT2D eigenvalue weighted by Gasteiger charge is 2.44. The zero-order valence-electron chi connectivity index (χ0n) is 20.8. The molecule has 3 heterocycles. The molecule has 0 spiro atoms. The molecule has 9 nitrogen and oxygen atoms in total. The van der Waals surface area contributed by atoms with Crippen molar-refractivity contribution in [2.75, 3.05) is 23.8 Å². The van der Waals surface area contributed by atoms with Crippen LogP contribution in [0.5, 0.6) is 0 Å². The molecule has 0 unspecified atom stereocenters. The lowest BCUT2D eigenvalue weighted by Crippen LogP contribution is -2.36. The van der Waals surface area contributed by atoms with Crippen molar-refractivity contribution in [2.45, 2.75) is 49.9 Å². The average Bonchev–Trinajstić information content (AvgIpc) is 3.51. The van der Waals surface area contributed by atoms with Gasteiger partial charge >= 0.3 is 0 Å². The third-order valence-corrected chi connectivity index (χ3v) is 8.80. The number of fused-ring (bicyclic) bond motifs is 1. The Morgan fingerprint density at radius 2 is 1.87 bits per heavy atom. The Labute approximate surface area is 222 Å². The lowest BCUT2D eigenvalue weighted by atomic mass is 9.96. The van der Waals surface area contributed by atoms with Crippen LogP contribution in [-0.4, -0.2) is 66.7 Å². The van der Waals surface area contributed by atoms with E-state index in [2.05, 4.69) is 15.6 Å². The number of nitrogens with one attached hydrogen (secondary N) is 2. The number of hydrogen-bond acceptors (Lipinski definition) is 10. The Hall–Kier alpha value is -3.25. The van der Waals surface area contributed by atoms with Gasteiger partial charge in [-0.05, 0) is 49.9 Å². The van der Waals surface area contributed by atoms with Crippen LogP contribution in [0.3, 0.4) is 0 Å². The van der Waals surface area contributed by atoms with E-state index in [0.29, 0.717) is 36.0 Å². The molecule has 2 fully saturated rings. The van der Waals surface area contributed by atoms with Gasteiger partial charge in [-0.3, -0.25) is 4.98 Å². The van der Waals surface area contributed by atoms with E-state index in [4.69, 9.17) is 15.0 Å². The number of nitrogens with zero attached hydrogens (tertiary/aromatic N) is 4. The van der Waals surface area contributed by atoms with Crippen LogP contribution in [0.2, 0.25) is 0 Å². The highest BCUT2D eigenvalue weighted by Crippen LogP contribution is 2.48. The molecule has 0 bridgehead atoms.